The average molecular weight is 365 g/mol. The number of aryl methyl sites for hydroxylation is 2. The van der Waals surface area contributed by atoms with Crippen LogP contribution in [-0.4, -0.2) is 41.6 Å². The Kier molecular flexibility index (Phi) is 4.84. The summed E-state index contributed by atoms with van der Waals surface area (Å²) in [4.78, 5) is 16.8. The monoisotopic (exact) mass is 365 g/mol. The molecule has 140 valence electrons. The quantitative estimate of drug-likeness (QED) is 0.707. The molecule has 1 aliphatic heterocycles. The van der Waals surface area contributed by atoms with E-state index in [1.54, 1.807) is 12.1 Å². The SMILES string of the molecule is Cn1ccc2c(CCC(=O)N3CCN(c4ccc(F)cc4)CC3)cccc21. The predicted octanol–water partition coefficient (Wildman–Crippen LogP) is 3.60. The summed E-state index contributed by atoms with van der Waals surface area (Å²) in [5, 5.41) is 1.23. The highest BCUT2D eigenvalue weighted by molar-refractivity contribution is 5.84. The smallest absolute Gasteiger partial charge is 0.223 e. The van der Waals surface area contributed by atoms with E-state index < -0.39 is 0 Å². The van der Waals surface area contributed by atoms with Crippen molar-refractivity contribution in [2.75, 3.05) is 31.1 Å². The average Bonchev–Trinajstić information content (AvgIpc) is 3.08. The van der Waals surface area contributed by atoms with Gasteiger partial charge in [0.2, 0.25) is 5.91 Å². The summed E-state index contributed by atoms with van der Waals surface area (Å²) in [6.07, 6.45) is 3.35. The molecule has 0 N–H and O–H groups in total. The lowest BCUT2D eigenvalue weighted by Crippen LogP contribution is -2.48. The van der Waals surface area contributed by atoms with Crippen LogP contribution in [0.1, 0.15) is 12.0 Å². The molecule has 0 unspecified atom stereocenters. The largest absolute Gasteiger partial charge is 0.368 e. The number of amides is 1. The van der Waals surface area contributed by atoms with Crippen LogP contribution in [0.15, 0.2) is 54.7 Å². The van der Waals surface area contributed by atoms with Crippen molar-refractivity contribution in [2.45, 2.75) is 12.8 Å². The van der Waals surface area contributed by atoms with Crippen LogP contribution < -0.4 is 4.90 Å². The Balaban J connectivity index is 1.33. The third kappa shape index (κ3) is 3.68. The Bertz CT molecular complexity index is 940. The van der Waals surface area contributed by atoms with Crippen LogP contribution in [0.5, 0.6) is 0 Å². The van der Waals surface area contributed by atoms with Gasteiger partial charge in [-0.3, -0.25) is 4.79 Å². The maximum Gasteiger partial charge on any atom is 0.223 e. The van der Waals surface area contributed by atoms with Crippen LogP contribution >= 0.6 is 0 Å². The molecule has 2 aromatic carbocycles. The molecule has 1 saturated heterocycles. The molecule has 0 radical (unpaired) electrons. The van der Waals surface area contributed by atoms with Crippen LogP contribution in [-0.2, 0) is 18.3 Å². The molecule has 1 fully saturated rings. The molecule has 5 heteroatoms. The highest BCUT2D eigenvalue weighted by Gasteiger charge is 2.21. The Morgan fingerprint density at radius 3 is 2.48 bits per heavy atom. The minimum absolute atomic E-state index is 0.210. The molecule has 0 atom stereocenters. The second-order valence-electron chi connectivity index (χ2n) is 7.12. The van der Waals surface area contributed by atoms with Crippen molar-refractivity contribution in [3.8, 4) is 0 Å². The van der Waals surface area contributed by atoms with Crippen molar-refractivity contribution < 1.29 is 9.18 Å². The first-order valence-corrected chi connectivity index (χ1v) is 9.43. The van der Waals surface area contributed by atoms with E-state index in [-0.39, 0.29) is 11.7 Å². The van der Waals surface area contributed by atoms with Gasteiger partial charge in [-0.15, -0.1) is 0 Å². The maximum atomic E-state index is 13.1. The van der Waals surface area contributed by atoms with E-state index in [0.717, 1.165) is 25.2 Å². The maximum absolute atomic E-state index is 13.1. The van der Waals surface area contributed by atoms with E-state index in [0.29, 0.717) is 19.5 Å². The predicted molar refractivity (Wildman–Crippen MR) is 106 cm³/mol. The number of piperazine rings is 1. The molecule has 1 aromatic heterocycles. The number of anilines is 1. The van der Waals surface area contributed by atoms with Crippen molar-refractivity contribution in [1.82, 2.24) is 9.47 Å². The molecule has 2 heterocycles. The van der Waals surface area contributed by atoms with E-state index in [4.69, 9.17) is 0 Å². The summed E-state index contributed by atoms with van der Waals surface area (Å²) in [6.45, 7) is 2.99. The van der Waals surface area contributed by atoms with Gasteiger partial charge in [0.05, 0.1) is 0 Å². The van der Waals surface area contributed by atoms with E-state index in [2.05, 4.69) is 39.9 Å². The van der Waals surface area contributed by atoms with Crippen molar-refractivity contribution in [3.63, 3.8) is 0 Å². The fourth-order valence-electron chi connectivity index (χ4n) is 3.85. The summed E-state index contributed by atoms with van der Waals surface area (Å²) in [7, 11) is 2.04. The number of hydrogen-bond acceptors (Lipinski definition) is 2. The summed E-state index contributed by atoms with van der Waals surface area (Å²) in [6, 6.07) is 15.0. The van der Waals surface area contributed by atoms with Crippen LogP contribution in [0.25, 0.3) is 10.9 Å². The number of nitrogens with zero attached hydrogens (tertiary/aromatic N) is 3. The number of hydrogen-bond donors (Lipinski definition) is 0. The molecule has 1 amide bonds. The van der Waals surface area contributed by atoms with Crippen LogP contribution in [0, 0.1) is 5.82 Å². The summed E-state index contributed by atoms with van der Waals surface area (Å²) < 4.78 is 15.2. The number of aromatic nitrogens is 1. The van der Waals surface area contributed by atoms with Gasteiger partial charge in [0.1, 0.15) is 5.82 Å². The van der Waals surface area contributed by atoms with Gasteiger partial charge >= 0.3 is 0 Å². The van der Waals surface area contributed by atoms with Gasteiger partial charge < -0.3 is 14.4 Å². The minimum atomic E-state index is -0.221. The highest BCUT2D eigenvalue weighted by Crippen LogP contribution is 2.21. The van der Waals surface area contributed by atoms with Gasteiger partial charge in [0.15, 0.2) is 0 Å². The second kappa shape index (κ2) is 7.43. The lowest BCUT2D eigenvalue weighted by molar-refractivity contribution is -0.131. The van der Waals surface area contributed by atoms with Crippen molar-refractivity contribution in [3.05, 3.63) is 66.1 Å². The first kappa shape index (κ1) is 17.6. The van der Waals surface area contributed by atoms with Crippen LogP contribution in [0.2, 0.25) is 0 Å². The lowest BCUT2D eigenvalue weighted by Gasteiger charge is -2.36. The number of halogens is 1. The summed E-state index contributed by atoms with van der Waals surface area (Å²) in [5.74, 6) is -0.0114. The highest BCUT2D eigenvalue weighted by atomic mass is 19.1. The fraction of sp³-hybridized carbons (Fsp3) is 0.318. The molecule has 0 bridgehead atoms. The second-order valence-corrected chi connectivity index (χ2v) is 7.12. The van der Waals surface area contributed by atoms with Gasteiger partial charge in [-0.2, -0.15) is 0 Å². The summed E-state index contributed by atoms with van der Waals surface area (Å²) >= 11 is 0. The van der Waals surface area contributed by atoms with Gasteiger partial charge in [-0.25, -0.2) is 4.39 Å². The zero-order chi connectivity index (χ0) is 18.8. The van der Waals surface area contributed by atoms with Crippen molar-refractivity contribution in [2.24, 2.45) is 7.05 Å². The van der Waals surface area contributed by atoms with E-state index in [9.17, 15) is 9.18 Å². The van der Waals surface area contributed by atoms with Crippen molar-refractivity contribution in [1.29, 1.82) is 0 Å². The Morgan fingerprint density at radius 2 is 1.74 bits per heavy atom. The minimum Gasteiger partial charge on any atom is -0.368 e. The number of carbonyl (C=O) groups is 1. The molecular formula is C22H24FN3O. The molecule has 0 spiro atoms. The standard InChI is InChI=1S/C22H24FN3O/c1-24-12-11-20-17(3-2-4-21(20)24)5-10-22(27)26-15-13-25(14-16-26)19-8-6-18(23)7-9-19/h2-4,6-9,11-12H,5,10,13-16H2,1H3. The van der Waals surface area contributed by atoms with E-state index >= 15 is 0 Å². The number of rotatable bonds is 4. The molecule has 1 aliphatic rings. The van der Waals surface area contributed by atoms with Gasteiger partial charge in [-0.1, -0.05) is 12.1 Å². The zero-order valence-corrected chi connectivity index (χ0v) is 15.6. The van der Waals surface area contributed by atoms with Crippen LogP contribution in [0.3, 0.4) is 0 Å². The molecule has 4 nitrogen and oxygen atoms in total. The molecule has 3 aromatic rings. The molecular weight excluding hydrogens is 341 g/mol. The number of benzene rings is 2. The zero-order valence-electron chi connectivity index (χ0n) is 15.6. The molecule has 4 rings (SSSR count). The lowest BCUT2D eigenvalue weighted by atomic mass is 10.0. The van der Waals surface area contributed by atoms with E-state index in [1.807, 2.05) is 11.9 Å². The van der Waals surface area contributed by atoms with E-state index in [1.165, 1.54) is 28.6 Å². The third-order valence-electron chi connectivity index (χ3n) is 5.45. The molecule has 27 heavy (non-hydrogen) atoms. The van der Waals surface area contributed by atoms with Crippen LogP contribution in [0.4, 0.5) is 10.1 Å². The number of carbonyl (C=O) groups excluding carboxylic acids is 1. The number of fused-ring (bicyclic) bond motifs is 1. The molecule has 0 saturated carbocycles. The van der Waals surface area contributed by atoms with Gasteiger partial charge in [-0.05, 0) is 48.4 Å². The Morgan fingerprint density at radius 1 is 1.00 bits per heavy atom. The fourth-order valence-corrected chi connectivity index (χ4v) is 3.85. The van der Waals surface area contributed by atoms with Gasteiger partial charge in [0.25, 0.3) is 0 Å². The van der Waals surface area contributed by atoms with Gasteiger partial charge in [0, 0.05) is 62.4 Å². The first-order valence-electron chi connectivity index (χ1n) is 9.43. The Labute approximate surface area is 158 Å². The topological polar surface area (TPSA) is 28.5 Å². The first-order chi connectivity index (χ1) is 13.1. The Hall–Kier alpha value is -2.82. The molecule has 0 aliphatic carbocycles. The normalized spacial score (nSPS) is 14.7. The summed E-state index contributed by atoms with van der Waals surface area (Å²) in [5.41, 5.74) is 3.44. The third-order valence-corrected chi connectivity index (χ3v) is 5.45. The van der Waals surface area contributed by atoms with Crippen molar-refractivity contribution >= 4 is 22.5 Å².